The van der Waals surface area contributed by atoms with Crippen LogP contribution in [0.5, 0.6) is 0 Å². The number of Topliss-reactive ketones (excluding diaryl/α,β-unsaturated/α-hetero) is 1. The average Bonchev–Trinajstić information content (AvgIpc) is 2.78. The van der Waals surface area contributed by atoms with Gasteiger partial charge in [-0.1, -0.05) is 5.16 Å². The zero-order chi connectivity index (χ0) is 13.1. The minimum atomic E-state index is -3.08. The summed E-state index contributed by atoms with van der Waals surface area (Å²) < 4.78 is 41.2. The Morgan fingerprint density at radius 3 is 2.78 bits per heavy atom. The molecule has 0 N–H and O–H groups in total. The Hall–Kier alpha value is -2.25. The lowest BCUT2D eigenvalue weighted by molar-refractivity contribution is -0.129. The third kappa shape index (κ3) is 2.70. The van der Waals surface area contributed by atoms with Gasteiger partial charge in [0.1, 0.15) is 11.5 Å². The predicted molar refractivity (Wildman–Crippen MR) is 52.2 cm³/mol. The minimum Gasteiger partial charge on any atom is -0.338 e. The van der Waals surface area contributed by atoms with Crippen molar-refractivity contribution < 1.29 is 22.5 Å². The zero-order valence-electron chi connectivity index (χ0n) is 8.81. The van der Waals surface area contributed by atoms with Gasteiger partial charge < -0.3 is 4.52 Å². The van der Waals surface area contributed by atoms with Crippen molar-refractivity contribution in [3.8, 4) is 11.5 Å². The van der Waals surface area contributed by atoms with E-state index >= 15 is 0 Å². The lowest BCUT2D eigenvalue weighted by Gasteiger charge is -1.93. The number of halogens is 3. The third-order valence-electron chi connectivity index (χ3n) is 1.99. The molecule has 0 radical (unpaired) electrons. The highest BCUT2D eigenvalue weighted by molar-refractivity contribution is 5.82. The first-order valence-electron chi connectivity index (χ1n) is 4.81. The van der Waals surface area contributed by atoms with Crippen LogP contribution in [-0.2, 0) is 11.2 Å². The van der Waals surface area contributed by atoms with E-state index in [1.165, 1.54) is 6.07 Å². The van der Waals surface area contributed by atoms with Crippen LogP contribution in [0.15, 0.2) is 22.9 Å². The van der Waals surface area contributed by atoms with Crippen LogP contribution in [0, 0.1) is 5.82 Å². The summed E-state index contributed by atoms with van der Waals surface area (Å²) in [6, 6.07) is 2.45. The van der Waals surface area contributed by atoms with E-state index in [-0.39, 0.29) is 17.4 Å². The van der Waals surface area contributed by atoms with Crippen LogP contribution in [0.4, 0.5) is 13.2 Å². The fourth-order valence-corrected chi connectivity index (χ4v) is 1.16. The Bertz CT molecular complexity index is 554. The monoisotopic (exact) mass is 257 g/mol. The second-order valence-corrected chi connectivity index (χ2v) is 3.32. The number of alkyl halides is 2. The summed E-state index contributed by atoms with van der Waals surface area (Å²) in [5.74, 6) is -2.07. The molecule has 2 heterocycles. The highest BCUT2D eigenvalue weighted by atomic mass is 19.3. The van der Waals surface area contributed by atoms with Crippen molar-refractivity contribution in [3.05, 3.63) is 30.0 Å². The largest absolute Gasteiger partial charge is 0.338 e. The van der Waals surface area contributed by atoms with E-state index < -0.39 is 24.4 Å². The van der Waals surface area contributed by atoms with Crippen LogP contribution >= 0.6 is 0 Å². The SMILES string of the molecule is O=C(Cc1nc(-c2ccc(F)cn2)no1)C(F)F. The van der Waals surface area contributed by atoms with Crippen molar-refractivity contribution >= 4 is 5.78 Å². The number of carbonyl (C=O) groups is 1. The normalized spacial score (nSPS) is 10.9. The number of rotatable bonds is 4. The van der Waals surface area contributed by atoms with Crippen molar-refractivity contribution in [1.29, 1.82) is 0 Å². The van der Waals surface area contributed by atoms with E-state index in [4.69, 9.17) is 0 Å². The summed E-state index contributed by atoms with van der Waals surface area (Å²) in [6.45, 7) is 0. The fraction of sp³-hybridized carbons (Fsp3) is 0.200. The molecule has 2 aromatic heterocycles. The van der Waals surface area contributed by atoms with Gasteiger partial charge in [0.25, 0.3) is 6.43 Å². The van der Waals surface area contributed by atoms with Gasteiger partial charge in [0.2, 0.25) is 17.5 Å². The van der Waals surface area contributed by atoms with Gasteiger partial charge in [-0.2, -0.15) is 4.98 Å². The molecule has 0 amide bonds. The zero-order valence-corrected chi connectivity index (χ0v) is 8.81. The molecular weight excluding hydrogens is 251 g/mol. The number of hydrogen-bond donors (Lipinski definition) is 0. The Labute approximate surface area is 98.6 Å². The Morgan fingerprint density at radius 2 is 2.17 bits per heavy atom. The minimum absolute atomic E-state index is 0.00654. The maximum Gasteiger partial charge on any atom is 0.296 e. The first-order chi connectivity index (χ1) is 8.56. The molecule has 0 unspecified atom stereocenters. The predicted octanol–water partition coefficient (Wildman–Crippen LogP) is 1.65. The molecule has 0 fully saturated rings. The van der Waals surface area contributed by atoms with E-state index in [9.17, 15) is 18.0 Å². The van der Waals surface area contributed by atoms with E-state index in [1.807, 2.05) is 0 Å². The van der Waals surface area contributed by atoms with Gasteiger partial charge in [0.15, 0.2) is 0 Å². The van der Waals surface area contributed by atoms with Crippen LogP contribution in [0.25, 0.3) is 11.5 Å². The Morgan fingerprint density at radius 1 is 1.39 bits per heavy atom. The number of aromatic nitrogens is 3. The molecule has 0 saturated carbocycles. The second-order valence-electron chi connectivity index (χ2n) is 3.32. The third-order valence-corrected chi connectivity index (χ3v) is 1.99. The Kier molecular flexibility index (Phi) is 3.35. The molecule has 0 aliphatic heterocycles. The Balaban J connectivity index is 2.15. The lowest BCUT2D eigenvalue weighted by atomic mass is 10.3. The maximum atomic E-state index is 12.6. The van der Waals surface area contributed by atoms with Gasteiger partial charge in [-0.25, -0.2) is 18.2 Å². The highest BCUT2D eigenvalue weighted by Gasteiger charge is 2.20. The molecule has 0 bridgehead atoms. The molecule has 2 rings (SSSR count). The molecule has 0 saturated heterocycles. The van der Waals surface area contributed by atoms with Gasteiger partial charge in [-0.05, 0) is 12.1 Å². The van der Waals surface area contributed by atoms with Crippen LogP contribution < -0.4 is 0 Å². The van der Waals surface area contributed by atoms with Crippen LogP contribution in [0.2, 0.25) is 0 Å². The number of carbonyl (C=O) groups excluding carboxylic acids is 1. The highest BCUT2D eigenvalue weighted by Crippen LogP contribution is 2.13. The van der Waals surface area contributed by atoms with Crippen LogP contribution in [0.1, 0.15) is 5.89 Å². The molecule has 2 aromatic rings. The van der Waals surface area contributed by atoms with Gasteiger partial charge in [-0.3, -0.25) is 4.79 Å². The van der Waals surface area contributed by atoms with Crippen molar-refractivity contribution in [3.63, 3.8) is 0 Å². The smallest absolute Gasteiger partial charge is 0.296 e. The first kappa shape index (κ1) is 12.2. The second kappa shape index (κ2) is 4.94. The molecule has 0 aliphatic rings. The van der Waals surface area contributed by atoms with E-state index in [2.05, 4.69) is 19.6 Å². The van der Waals surface area contributed by atoms with E-state index in [0.717, 1.165) is 12.3 Å². The molecule has 18 heavy (non-hydrogen) atoms. The quantitative estimate of drug-likeness (QED) is 0.832. The van der Waals surface area contributed by atoms with E-state index in [1.54, 1.807) is 0 Å². The average molecular weight is 257 g/mol. The summed E-state index contributed by atoms with van der Waals surface area (Å²) in [6.07, 6.45) is -2.77. The number of hydrogen-bond acceptors (Lipinski definition) is 5. The molecule has 0 aromatic carbocycles. The summed E-state index contributed by atoms with van der Waals surface area (Å²) in [7, 11) is 0. The molecular formula is C10H6F3N3O2. The van der Waals surface area contributed by atoms with Crippen molar-refractivity contribution in [2.45, 2.75) is 12.8 Å². The number of pyridine rings is 1. The van der Waals surface area contributed by atoms with Gasteiger partial charge in [-0.15, -0.1) is 0 Å². The van der Waals surface area contributed by atoms with Gasteiger partial charge in [0.05, 0.1) is 12.6 Å². The van der Waals surface area contributed by atoms with E-state index in [0.29, 0.717) is 0 Å². The number of ketones is 1. The summed E-state index contributed by atoms with van der Waals surface area (Å²) >= 11 is 0. The summed E-state index contributed by atoms with van der Waals surface area (Å²) in [5, 5.41) is 3.46. The van der Waals surface area contributed by atoms with Gasteiger partial charge >= 0.3 is 0 Å². The van der Waals surface area contributed by atoms with Crippen LogP contribution in [0.3, 0.4) is 0 Å². The molecule has 0 atom stereocenters. The standard InChI is InChI=1S/C10H6F3N3O2/c11-5-1-2-6(14-4-5)10-15-8(18-16-10)3-7(17)9(12)13/h1-2,4,9H,3H2. The lowest BCUT2D eigenvalue weighted by Crippen LogP contribution is -2.12. The van der Waals surface area contributed by atoms with Crippen molar-refractivity contribution in [2.75, 3.05) is 0 Å². The van der Waals surface area contributed by atoms with Gasteiger partial charge in [0, 0.05) is 0 Å². The molecule has 8 heteroatoms. The maximum absolute atomic E-state index is 12.6. The molecule has 94 valence electrons. The summed E-state index contributed by atoms with van der Waals surface area (Å²) in [5.41, 5.74) is 0.218. The topological polar surface area (TPSA) is 68.9 Å². The first-order valence-corrected chi connectivity index (χ1v) is 4.81. The van der Waals surface area contributed by atoms with Crippen LogP contribution in [-0.4, -0.2) is 27.3 Å². The molecule has 0 spiro atoms. The summed E-state index contributed by atoms with van der Waals surface area (Å²) in [4.78, 5) is 18.2. The molecule has 0 aliphatic carbocycles. The van der Waals surface area contributed by atoms with Crippen molar-refractivity contribution in [1.82, 2.24) is 15.1 Å². The number of nitrogens with zero attached hydrogens (tertiary/aromatic N) is 3. The molecule has 5 nitrogen and oxygen atoms in total. The van der Waals surface area contributed by atoms with Crippen molar-refractivity contribution in [2.24, 2.45) is 0 Å². The fourth-order valence-electron chi connectivity index (χ4n) is 1.16.